The fourth-order valence-electron chi connectivity index (χ4n) is 2.05. The molecule has 0 radical (unpaired) electrons. The van der Waals surface area contributed by atoms with Gasteiger partial charge in [-0.1, -0.05) is 69.4 Å². The van der Waals surface area contributed by atoms with Gasteiger partial charge >= 0.3 is 5.97 Å². The van der Waals surface area contributed by atoms with Gasteiger partial charge in [-0.05, 0) is 6.42 Å². The Kier molecular flexibility index (Phi) is 9.96. The molecule has 4 heteroatoms. The Morgan fingerprint density at radius 3 is 2.27 bits per heavy atom. The standard InChI is InChI=1S/C18H26O4/c1-2-3-4-5-6-10-13-21-14-15-22-18(20)17(19)16-11-8-7-9-12-16/h7-9,11-12H,2-6,10,13-15H2,1H3. The summed E-state index contributed by atoms with van der Waals surface area (Å²) >= 11 is 0. The number of ketones is 1. The van der Waals surface area contributed by atoms with Crippen molar-refractivity contribution in [2.45, 2.75) is 45.4 Å². The summed E-state index contributed by atoms with van der Waals surface area (Å²) in [6, 6.07) is 8.41. The van der Waals surface area contributed by atoms with Crippen molar-refractivity contribution >= 4 is 11.8 Å². The van der Waals surface area contributed by atoms with Crippen LogP contribution >= 0.6 is 0 Å². The summed E-state index contributed by atoms with van der Waals surface area (Å²) in [6.45, 7) is 3.33. The van der Waals surface area contributed by atoms with Crippen LogP contribution < -0.4 is 0 Å². The number of carbonyl (C=O) groups is 2. The number of esters is 1. The first-order chi connectivity index (χ1) is 10.8. The van der Waals surface area contributed by atoms with Crippen molar-refractivity contribution in [3.05, 3.63) is 35.9 Å². The van der Waals surface area contributed by atoms with E-state index in [1.165, 1.54) is 32.1 Å². The fourth-order valence-corrected chi connectivity index (χ4v) is 2.05. The van der Waals surface area contributed by atoms with E-state index >= 15 is 0 Å². The average Bonchev–Trinajstić information content (AvgIpc) is 2.56. The van der Waals surface area contributed by atoms with E-state index in [4.69, 9.17) is 9.47 Å². The lowest BCUT2D eigenvalue weighted by Crippen LogP contribution is -2.20. The average molecular weight is 306 g/mol. The summed E-state index contributed by atoms with van der Waals surface area (Å²) in [5, 5.41) is 0. The van der Waals surface area contributed by atoms with Crippen molar-refractivity contribution in [2.75, 3.05) is 19.8 Å². The van der Waals surface area contributed by atoms with E-state index in [-0.39, 0.29) is 6.61 Å². The summed E-state index contributed by atoms with van der Waals surface area (Å²) < 4.78 is 10.3. The monoisotopic (exact) mass is 306 g/mol. The van der Waals surface area contributed by atoms with Crippen LogP contribution in [-0.4, -0.2) is 31.6 Å². The van der Waals surface area contributed by atoms with Crippen LogP contribution in [0.3, 0.4) is 0 Å². The number of hydrogen-bond acceptors (Lipinski definition) is 4. The maximum atomic E-state index is 11.7. The lowest BCUT2D eigenvalue weighted by molar-refractivity contribution is -0.139. The molecule has 0 saturated carbocycles. The Bertz CT molecular complexity index is 428. The Balaban J connectivity index is 2.00. The van der Waals surface area contributed by atoms with Crippen LogP contribution in [0.25, 0.3) is 0 Å². The minimum atomic E-state index is -0.825. The number of hydrogen-bond donors (Lipinski definition) is 0. The minimum absolute atomic E-state index is 0.118. The SMILES string of the molecule is CCCCCCCCOCCOC(=O)C(=O)c1ccccc1. The lowest BCUT2D eigenvalue weighted by atomic mass is 10.1. The third-order valence-electron chi connectivity index (χ3n) is 3.32. The fraction of sp³-hybridized carbons (Fsp3) is 0.556. The van der Waals surface area contributed by atoms with Crippen LogP contribution in [0.2, 0.25) is 0 Å². The van der Waals surface area contributed by atoms with Crippen LogP contribution in [0.4, 0.5) is 0 Å². The molecule has 0 unspecified atom stereocenters. The zero-order valence-corrected chi connectivity index (χ0v) is 13.4. The molecule has 1 rings (SSSR count). The van der Waals surface area contributed by atoms with Crippen molar-refractivity contribution in [1.82, 2.24) is 0 Å². The maximum absolute atomic E-state index is 11.7. The highest BCUT2D eigenvalue weighted by atomic mass is 16.6. The third kappa shape index (κ3) is 7.93. The Hall–Kier alpha value is -1.68. The molecule has 0 N–H and O–H groups in total. The van der Waals surface area contributed by atoms with Crippen molar-refractivity contribution in [1.29, 1.82) is 0 Å². The topological polar surface area (TPSA) is 52.6 Å². The van der Waals surface area contributed by atoms with Gasteiger partial charge < -0.3 is 9.47 Å². The molecule has 0 heterocycles. The lowest BCUT2D eigenvalue weighted by Gasteiger charge is -2.06. The molecule has 0 aliphatic rings. The molecule has 1 aromatic rings. The van der Waals surface area contributed by atoms with E-state index in [0.717, 1.165) is 6.42 Å². The van der Waals surface area contributed by atoms with Gasteiger partial charge in [-0.3, -0.25) is 4.79 Å². The van der Waals surface area contributed by atoms with Crippen molar-refractivity contribution in [3.8, 4) is 0 Å². The Morgan fingerprint density at radius 2 is 1.55 bits per heavy atom. The predicted molar refractivity (Wildman–Crippen MR) is 85.9 cm³/mol. The van der Waals surface area contributed by atoms with E-state index in [2.05, 4.69) is 6.92 Å². The van der Waals surface area contributed by atoms with E-state index in [9.17, 15) is 9.59 Å². The molecular formula is C18H26O4. The normalized spacial score (nSPS) is 10.4. The van der Waals surface area contributed by atoms with E-state index < -0.39 is 11.8 Å². The summed E-state index contributed by atoms with van der Waals surface area (Å²) in [5.74, 6) is -1.44. The number of ether oxygens (including phenoxy) is 2. The van der Waals surface area contributed by atoms with Gasteiger partial charge in [-0.15, -0.1) is 0 Å². The van der Waals surface area contributed by atoms with Crippen LogP contribution in [0.1, 0.15) is 55.8 Å². The number of rotatable bonds is 12. The molecule has 0 atom stereocenters. The molecule has 0 spiro atoms. The molecule has 0 saturated heterocycles. The first-order valence-corrected chi connectivity index (χ1v) is 8.10. The highest BCUT2D eigenvalue weighted by Crippen LogP contribution is 2.05. The zero-order valence-electron chi connectivity index (χ0n) is 13.4. The molecule has 0 amide bonds. The predicted octanol–water partition coefficient (Wildman–Crippen LogP) is 3.79. The summed E-state index contributed by atoms with van der Waals surface area (Å²) in [4.78, 5) is 23.3. The third-order valence-corrected chi connectivity index (χ3v) is 3.32. The van der Waals surface area contributed by atoms with Crippen LogP contribution in [0, 0.1) is 0 Å². The van der Waals surface area contributed by atoms with Crippen molar-refractivity contribution in [2.24, 2.45) is 0 Å². The second kappa shape index (κ2) is 11.9. The maximum Gasteiger partial charge on any atom is 0.379 e. The second-order valence-corrected chi connectivity index (χ2v) is 5.21. The molecule has 0 aromatic heterocycles. The molecule has 0 aliphatic heterocycles. The van der Waals surface area contributed by atoms with E-state index in [0.29, 0.717) is 18.8 Å². The van der Waals surface area contributed by atoms with Gasteiger partial charge in [0.1, 0.15) is 6.61 Å². The summed E-state index contributed by atoms with van der Waals surface area (Å²) in [7, 11) is 0. The van der Waals surface area contributed by atoms with Crippen LogP contribution in [-0.2, 0) is 14.3 Å². The molecular weight excluding hydrogens is 280 g/mol. The van der Waals surface area contributed by atoms with Crippen molar-refractivity contribution < 1.29 is 19.1 Å². The molecule has 0 fully saturated rings. The van der Waals surface area contributed by atoms with Crippen LogP contribution in [0.15, 0.2) is 30.3 Å². The van der Waals surface area contributed by atoms with Gasteiger partial charge in [0.2, 0.25) is 0 Å². The van der Waals surface area contributed by atoms with Crippen molar-refractivity contribution in [3.63, 3.8) is 0 Å². The molecule has 0 aliphatic carbocycles. The first kappa shape index (κ1) is 18.4. The van der Waals surface area contributed by atoms with E-state index in [1.54, 1.807) is 30.3 Å². The van der Waals surface area contributed by atoms with Gasteiger partial charge in [-0.25, -0.2) is 4.79 Å². The smallest absolute Gasteiger partial charge is 0.379 e. The van der Waals surface area contributed by atoms with Gasteiger partial charge in [0.05, 0.1) is 6.61 Å². The van der Waals surface area contributed by atoms with Gasteiger partial charge in [0.15, 0.2) is 0 Å². The number of benzene rings is 1. The molecule has 4 nitrogen and oxygen atoms in total. The molecule has 22 heavy (non-hydrogen) atoms. The summed E-state index contributed by atoms with van der Waals surface area (Å²) in [6.07, 6.45) is 7.29. The van der Waals surface area contributed by atoms with Gasteiger partial charge in [0.25, 0.3) is 5.78 Å². The molecule has 1 aromatic carbocycles. The van der Waals surface area contributed by atoms with Crippen LogP contribution in [0.5, 0.6) is 0 Å². The highest BCUT2D eigenvalue weighted by molar-refractivity contribution is 6.40. The van der Waals surface area contributed by atoms with E-state index in [1.807, 2.05) is 0 Å². The number of unbranched alkanes of at least 4 members (excludes halogenated alkanes) is 5. The largest absolute Gasteiger partial charge is 0.457 e. The molecule has 122 valence electrons. The number of carbonyl (C=O) groups excluding carboxylic acids is 2. The van der Waals surface area contributed by atoms with Gasteiger partial charge in [0, 0.05) is 12.2 Å². The second-order valence-electron chi connectivity index (χ2n) is 5.21. The molecule has 0 bridgehead atoms. The Morgan fingerprint density at radius 1 is 0.864 bits per heavy atom. The Labute approximate surface area is 132 Å². The number of Topliss-reactive ketones (excluding diaryl/α,β-unsaturated/α-hetero) is 1. The highest BCUT2D eigenvalue weighted by Gasteiger charge is 2.16. The minimum Gasteiger partial charge on any atom is -0.457 e. The first-order valence-electron chi connectivity index (χ1n) is 8.10. The summed E-state index contributed by atoms with van der Waals surface area (Å²) in [5.41, 5.74) is 0.348. The van der Waals surface area contributed by atoms with Gasteiger partial charge in [-0.2, -0.15) is 0 Å². The quantitative estimate of drug-likeness (QED) is 0.255. The zero-order chi connectivity index (χ0) is 16.0.